The normalized spacial score (nSPS) is 8.88. The van der Waals surface area contributed by atoms with E-state index in [0.717, 1.165) is 0 Å². The van der Waals surface area contributed by atoms with Crippen LogP contribution in [0.3, 0.4) is 0 Å². The molecule has 0 spiro atoms. The van der Waals surface area contributed by atoms with E-state index in [1.54, 1.807) is 0 Å². The number of hydrogen-bond donors (Lipinski definition) is 0. The van der Waals surface area contributed by atoms with Gasteiger partial charge >= 0.3 is 0 Å². The van der Waals surface area contributed by atoms with Crippen molar-refractivity contribution in [1.29, 1.82) is 0 Å². The van der Waals surface area contributed by atoms with E-state index in [1.807, 2.05) is 30.3 Å². The maximum atomic E-state index is 2.23. The summed E-state index contributed by atoms with van der Waals surface area (Å²) in [6, 6.07) is 16.6. The molecule has 0 atom stereocenters. The Morgan fingerprint density at radius 1 is 1.12 bits per heavy atom. The van der Waals surface area contributed by atoms with Crippen LogP contribution in [0.25, 0.3) is 0 Å². The molecule has 2 rings (SSSR count). The van der Waals surface area contributed by atoms with Crippen molar-refractivity contribution in [3.8, 4) is 0 Å². The molecule has 0 unspecified atom stereocenters. The minimum absolute atomic E-state index is 0. The van der Waals surface area contributed by atoms with Gasteiger partial charge in [0.2, 0.25) is 0 Å². The van der Waals surface area contributed by atoms with E-state index in [-0.39, 0.29) is 17.1 Å². The first-order valence-corrected chi connectivity index (χ1v) is 5.72. The Hall–Kier alpha value is -0.781. The van der Waals surface area contributed by atoms with Gasteiger partial charge in [0.1, 0.15) is 0 Å². The smallest absolute Gasteiger partial charge is 0 e. The molecular formula is C15H20Fe-6. The minimum Gasteiger partial charge on any atom is -0.748 e. The first-order valence-electron chi connectivity index (χ1n) is 5.72. The van der Waals surface area contributed by atoms with E-state index in [2.05, 4.69) is 32.0 Å². The predicted octanol–water partition coefficient (Wildman–Crippen LogP) is 4.46. The molecule has 0 aromatic heterocycles. The molecule has 16 heavy (non-hydrogen) atoms. The van der Waals surface area contributed by atoms with E-state index in [9.17, 15) is 0 Å². The average Bonchev–Trinajstić information content (AvgIpc) is 2.89. The third kappa shape index (κ3) is 5.95. The SMILES string of the molecule is CCCC[c-]1cccc1C.[Fe].[cH-]1[cH-][cH-][cH-][cH-]1. The molecule has 2 aromatic carbocycles. The third-order valence-electron chi connectivity index (χ3n) is 2.51. The zero-order valence-electron chi connectivity index (χ0n) is 10.1. The van der Waals surface area contributed by atoms with Crippen molar-refractivity contribution in [2.45, 2.75) is 33.1 Å². The summed E-state index contributed by atoms with van der Waals surface area (Å²) >= 11 is 0. The molecule has 0 saturated carbocycles. The van der Waals surface area contributed by atoms with Crippen molar-refractivity contribution in [3.63, 3.8) is 0 Å². The largest absolute Gasteiger partial charge is 0.748 e. The van der Waals surface area contributed by atoms with Gasteiger partial charge < -0.3 is 30.3 Å². The van der Waals surface area contributed by atoms with Gasteiger partial charge in [-0.1, -0.05) is 33.1 Å². The van der Waals surface area contributed by atoms with Crippen molar-refractivity contribution in [1.82, 2.24) is 0 Å². The van der Waals surface area contributed by atoms with E-state index in [1.165, 1.54) is 30.4 Å². The zero-order valence-corrected chi connectivity index (χ0v) is 11.2. The third-order valence-corrected chi connectivity index (χ3v) is 2.51. The van der Waals surface area contributed by atoms with Gasteiger partial charge in [0.05, 0.1) is 0 Å². The Kier molecular flexibility index (Phi) is 8.99. The summed E-state index contributed by atoms with van der Waals surface area (Å²) in [5.41, 5.74) is 2.98. The second kappa shape index (κ2) is 9.45. The second-order valence-corrected chi connectivity index (χ2v) is 3.80. The Labute approximate surface area is 110 Å². The zero-order chi connectivity index (χ0) is 10.9. The quantitative estimate of drug-likeness (QED) is 0.561. The van der Waals surface area contributed by atoms with Gasteiger partial charge in [0, 0.05) is 17.1 Å². The van der Waals surface area contributed by atoms with Gasteiger partial charge in [-0.3, -0.25) is 0 Å². The van der Waals surface area contributed by atoms with Crippen molar-refractivity contribution >= 4 is 0 Å². The molecule has 0 radical (unpaired) electrons. The molecule has 0 saturated heterocycles. The van der Waals surface area contributed by atoms with Crippen molar-refractivity contribution in [2.75, 3.05) is 0 Å². The van der Waals surface area contributed by atoms with Crippen LogP contribution in [0, 0.1) is 6.92 Å². The molecular weight excluding hydrogens is 236 g/mol. The number of rotatable bonds is 3. The second-order valence-electron chi connectivity index (χ2n) is 3.80. The fraction of sp³-hybridized carbons (Fsp3) is 0.333. The van der Waals surface area contributed by atoms with Crippen LogP contribution >= 0.6 is 0 Å². The minimum atomic E-state index is 0. The summed E-state index contributed by atoms with van der Waals surface area (Å²) in [6.07, 6.45) is 3.88. The Balaban J connectivity index is 0.000000318. The van der Waals surface area contributed by atoms with E-state index >= 15 is 0 Å². The molecule has 0 bridgehead atoms. The van der Waals surface area contributed by atoms with Crippen LogP contribution in [0.2, 0.25) is 0 Å². The molecule has 2 aromatic rings. The fourth-order valence-corrected chi connectivity index (χ4v) is 1.52. The summed E-state index contributed by atoms with van der Waals surface area (Å²) in [5, 5.41) is 0. The van der Waals surface area contributed by atoms with E-state index < -0.39 is 0 Å². The number of hydrogen-bond acceptors (Lipinski definition) is 0. The summed E-state index contributed by atoms with van der Waals surface area (Å²) in [6.45, 7) is 4.42. The number of aryl methyl sites for hydroxylation is 2. The standard InChI is InChI=1S/C10H15.C5H5.Fe/c1-3-4-7-10-8-5-6-9(10)2;1-2-4-5-3-1;/h5-6,8H,3-4,7H2,1-2H3;1-5H;/q-1;-5;. The van der Waals surface area contributed by atoms with Gasteiger partial charge in [-0.2, -0.15) is 17.2 Å². The van der Waals surface area contributed by atoms with Crippen LogP contribution in [0.15, 0.2) is 48.5 Å². The van der Waals surface area contributed by atoms with Gasteiger partial charge in [0.25, 0.3) is 0 Å². The van der Waals surface area contributed by atoms with Crippen LogP contribution < -0.4 is 0 Å². The molecule has 0 heterocycles. The maximum absolute atomic E-state index is 2.23. The van der Waals surface area contributed by atoms with Gasteiger partial charge in [-0.25, -0.2) is 12.1 Å². The average molecular weight is 256 g/mol. The Morgan fingerprint density at radius 2 is 1.69 bits per heavy atom. The molecule has 0 nitrogen and oxygen atoms in total. The molecule has 0 aliphatic rings. The summed E-state index contributed by atoms with van der Waals surface area (Å²) in [4.78, 5) is 0. The van der Waals surface area contributed by atoms with E-state index in [4.69, 9.17) is 0 Å². The van der Waals surface area contributed by atoms with Gasteiger partial charge in [0.15, 0.2) is 0 Å². The fourth-order valence-electron chi connectivity index (χ4n) is 1.52. The van der Waals surface area contributed by atoms with Crippen LogP contribution in [0.1, 0.15) is 30.9 Å². The van der Waals surface area contributed by atoms with Crippen LogP contribution in [0.5, 0.6) is 0 Å². The van der Waals surface area contributed by atoms with Gasteiger partial charge in [-0.15, -0.1) is 0 Å². The molecule has 0 aliphatic carbocycles. The first kappa shape index (κ1) is 15.2. The molecule has 1 heteroatoms. The van der Waals surface area contributed by atoms with Crippen molar-refractivity contribution in [2.24, 2.45) is 0 Å². The van der Waals surface area contributed by atoms with Crippen LogP contribution in [-0.4, -0.2) is 0 Å². The van der Waals surface area contributed by atoms with Crippen LogP contribution in [-0.2, 0) is 23.5 Å². The summed E-state index contributed by atoms with van der Waals surface area (Å²) in [7, 11) is 0. The Bertz CT molecular complexity index is 313. The van der Waals surface area contributed by atoms with Crippen molar-refractivity contribution < 1.29 is 17.1 Å². The molecule has 94 valence electrons. The summed E-state index contributed by atoms with van der Waals surface area (Å²) in [5.74, 6) is 0. The van der Waals surface area contributed by atoms with Crippen molar-refractivity contribution in [3.05, 3.63) is 59.7 Å². The maximum Gasteiger partial charge on any atom is 0 e. The summed E-state index contributed by atoms with van der Waals surface area (Å²) < 4.78 is 0. The molecule has 0 amide bonds. The molecule has 0 fully saturated rings. The van der Waals surface area contributed by atoms with Gasteiger partial charge in [-0.05, 0) is 0 Å². The monoisotopic (exact) mass is 256 g/mol. The molecule has 0 aliphatic heterocycles. The Morgan fingerprint density at radius 3 is 2.06 bits per heavy atom. The topological polar surface area (TPSA) is 0 Å². The van der Waals surface area contributed by atoms with E-state index in [0.29, 0.717) is 0 Å². The van der Waals surface area contributed by atoms with Crippen LogP contribution in [0.4, 0.5) is 0 Å². The molecule has 0 N–H and O–H groups in total. The predicted molar refractivity (Wildman–Crippen MR) is 67.4 cm³/mol. The first-order chi connectivity index (χ1) is 7.34. The number of unbranched alkanes of at least 4 members (excludes halogenated alkanes) is 1.